The summed E-state index contributed by atoms with van der Waals surface area (Å²) in [4.78, 5) is 36.1. The third-order valence-electron chi connectivity index (χ3n) is 14.1. The zero-order valence-corrected chi connectivity index (χ0v) is 37.0. The Labute approximate surface area is 359 Å². The Bertz CT molecular complexity index is 1440. The number of guanidine groups is 1. The number of nitrogens with two attached hydrogens (primary N) is 2. The van der Waals surface area contributed by atoms with E-state index in [1.165, 1.54) is 49.8 Å². The molecule has 6 heterocycles. The summed E-state index contributed by atoms with van der Waals surface area (Å²) in [5, 5.41) is 25.3. The van der Waals surface area contributed by atoms with Crippen molar-refractivity contribution in [2.75, 3.05) is 26.2 Å². The Balaban J connectivity index is 0.838. The molecule has 14 nitrogen and oxygen atoms in total. The molecule has 1 amide bonds. The van der Waals surface area contributed by atoms with Gasteiger partial charge in [0.15, 0.2) is 17.9 Å². The minimum Gasteiger partial charge on any atom is -0.465 e. The molecular weight excluding hydrogens is 765 g/mol. The summed E-state index contributed by atoms with van der Waals surface area (Å²) in [6.07, 6.45) is 26.4. The lowest BCUT2D eigenvalue weighted by Crippen LogP contribution is -2.71. The van der Waals surface area contributed by atoms with Crippen molar-refractivity contribution in [3.8, 4) is 0 Å². The van der Waals surface area contributed by atoms with Gasteiger partial charge >= 0.3 is 5.97 Å². The summed E-state index contributed by atoms with van der Waals surface area (Å²) in [6.45, 7) is 5.54. The predicted octanol–water partition coefficient (Wildman–Crippen LogP) is 5.86. The van der Waals surface area contributed by atoms with Crippen molar-refractivity contribution in [2.45, 2.75) is 228 Å². The van der Waals surface area contributed by atoms with Crippen LogP contribution < -0.4 is 16.8 Å². The standard InChI is InChI=1S/C46H80N6O8/c1-3-36-22-16-17-26-44(59-36)33-35-24-25-37-39(45(27-19-21-34(2)58-45)50-43(49-44)52(35)37)41(54)57-32-18-14-12-10-8-6-4-5-7-9-11-13-15-23-38-40(53)51(31-20-29-47)42(55)46(56,60-38)28-30-48/h16,22,34-39,42,55-56H,3-15,17-21,23-33,47-48H2,1-2H3,(H,49,50)/t34-,35+,36+,37-,38-,39-,42-,44+,45-,46+/m0/s1. The first-order valence-electron chi connectivity index (χ1n) is 24.2. The van der Waals surface area contributed by atoms with E-state index in [4.69, 9.17) is 35.4 Å². The number of unbranched alkanes of at least 4 members (excludes halogenated alkanes) is 12. The van der Waals surface area contributed by atoms with Crippen molar-refractivity contribution >= 4 is 17.8 Å². The smallest absolute Gasteiger partial charge is 0.316 e. The maximum absolute atomic E-state index is 14.1. The van der Waals surface area contributed by atoms with Gasteiger partial charge in [0.05, 0.1) is 24.9 Å². The third kappa shape index (κ3) is 11.4. The Kier molecular flexibility index (Phi) is 17.6. The SMILES string of the molecule is CC[C@@H]1C=CCC[C@]2(C[C@H]3CC[C@H]4[C@@H](C(=O)OCCCCCCCCCCCCCCC[C@@H]5O[C@](O)(CCN)[C@H](O)N(CCCN)C5=O)[C@@]5(CCC[C@H](C)O5)N=C(N2)N34)O1. The van der Waals surface area contributed by atoms with Crippen molar-refractivity contribution in [1.29, 1.82) is 0 Å². The second-order valence-corrected chi connectivity index (χ2v) is 18.7. The highest BCUT2D eigenvalue weighted by atomic mass is 16.7. The molecule has 7 N–H and O–H groups in total. The van der Waals surface area contributed by atoms with Crippen molar-refractivity contribution in [2.24, 2.45) is 22.4 Å². The lowest BCUT2D eigenvalue weighted by atomic mass is 9.80. The zero-order chi connectivity index (χ0) is 42.6. The molecule has 0 aliphatic carbocycles. The summed E-state index contributed by atoms with van der Waals surface area (Å²) in [5.74, 6) is -1.85. The maximum Gasteiger partial charge on any atom is 0.316 e. The number of aliphatic imine (C=N–C) groups is 1. The van der Waals surface area contributed by atoms with Crippen LogP contribution in [0, 0.1) is 5.92 Å². The Morgan fingerprint density at radius 2 is 1.63 bits per heavy atom. The number of hydrogen-bond donors (Lipinski definition) is 5. The monoisotopic (exact) mass is 845 g/mol. The van der Waals surface area contributed by atoms with Crippen LogP contribution in [0.3, 0.4) is 0 Å². The van der Waals surface area contributed by atoms with E-state index in [-0.39, 0.29) is 55.7 Å². The van der Waals surface area contributed by atoms with E-state index < -0.39 is 35.5 Å². The number of amides is 1. The van der Waals surface area contributed by atoms with E-state index in [2.05, 4.69) is 36.2 Å². The van der Waals surface area contributed by atoms with E-state index in [0.29, 0.717) is 26.0 Å². The third-order valence-corrected chi connectivity index (χ3v) is 14.1. The number of nitrogens with zero attached hydrogens (tertiary/aromatic N) is 3. The first-order valence-corrected chi connectivity index (χ1v) is 24.2. The van der Waals surface area contributed by atoms with Gasteiger partial charge in [0.2, 0.25) is 5.79 Å². The Morgan fingerprint density at radius 3 is 2.30 bits per heavy atom. The Morgan fingerprint density at radius 1 is 0.933 bits per heavy atom. The molecule has 0 saturated carbocycles. The molecule has 6 rings (SSSR count). The molecule has 6 aliphatic heterocycles. The van der Waals surface area contributed by atoms with Crippen LogP contribution >= 0.6 is 0 Å². The molecule has 14 heteroatoms. The van der Waals surface area contributed by atoms with E-state index in [1.807, 2.05) is 0 Å². The van der Waals surface area contributed by atoms with Crippen LogP contribution in [0.15, 0.2) is 17.1 Å². The fraction of sp³-hybridized carbons (Fsp3) is 0.891. The summed E-state index contributed by atoms with van der Waals surface area (Å²) < 4.78 is 25.3. The number of ether oxygens (including phenoxy) is 4. The number of allylic oxidation sites excluding steroid dienone is 1. The topological polar surface area (TPSA) is 194 Å². The molecule has 0 unspecified atom stereocenters. The molecule has 342 valence electrons. The number of morpholine rings is 1. The molecule has 0 bridgehead atoms. The minimum absolute atomic E-state index is 0.0188. The number of carbonyl (C=O) groups excluding carboxylic acids is 2. The first kappa shape index (κ1) is 47.2. The fourth-order valence-electron chi connectivity index (χ4n) is 10.9. The second-order valence-electron chi connectivity index (χ2n) is 18.7. The number of aliphatic hydroxyl groups is 2. The molecular formula is C46H80N6O8. The Hall–Kier alpha value is -2.33. The van der Waals surface area contributed by atoms with Crippen LogP contribution in [0.2, 0.25) is 0 Å². The molecule has 0 aromatic rings. The number of carbonyl (C=O) groups is 2. The van der Waals surface area contributed by atoms with Gasteiger partial charge in [-0.2, -0.15) is 0 Å². The lowest BCUT2D eigenvalue weighted by molar-refractivity contribution is -0.325. The van der Waals surface area contributed by atoms with Crippen molar-refractivity contribution < 1.29 is 38.7 Å². The lowest BCUT2D eigenvalue weighted by Gasteiger charge is -2.55. The highest BCUT2D eigenvalue weighted by Crippen LogP contribution is 2.50. The van der Waals surface area contributed by atoms with Crippen LogP contribution in [0.5, 0.6) is 0 Å². The summed E-state index contributed by atoms with van der Waals surface area (Å²) in [7, 11) is 0. The average molecular weight is 845 g/mol. The minimum atomic E-state index is -1.85. The summed E-state index contributed by atoms with van der Waals surface area (Å²) >= 11 is 0. The van der Waals surface area contributed by atoms with E-state index >= 15 is 0 Å². The van der Waals surface area contributed by atoms with Crippen LogP contribution in [0.4, 0.5) is 0 Å². The molecule has 4 saturated heterocycles. The van der Waals surface area contributed by atoms with Gasteiger partial charge in [-0.3, -0.25) is 9.59 Å². The normalized spacial score (nSPS) is 35.1. The molecule has 4 fully saturated rings. The number of rotatable bonds is 23. The summed E-state index contributed by atoms with van der Waals surface area (Å²) in [6, 6.07) is 0.306. The quantitative estimate of drug-likeness (QED) is 0.0468. The van der Waals surface area contributed by atoms with E-state index in [0.717, 1.165) is 102 Å². The number of hydrogen-bond acceptors (Lipinski definition) is 13. The van der Waals surface area contributed by atoms with Gasteiger partial charge in [-0.1, -0.05) is 96.1 Å². The van der Waals surface area contributed by atoms with Crippen LogP contribution in [-0.4, -0.2) is 118 Å². The van der Waals surface area contributed by atoms with Gasteiger partial charge in [-0.15, -0.1) is 0 Å². The predicted molar refractivity (Wildman–Crippen MR) is 231 cm³/mol. The maximum atomic E-state index is 14.1. The highest BCUT2D eigenvalue weighted by Gasteiger charge is 2.62. The van der Waals surface area contributed by atoms with Crippen molar-refractivity contribution in [3.05, 3.63) is 12.2 Å². The second kappa shape index (κ2) is 22.3. The fourth-order valence-corrected chi connectivity index (χ4v) is 10.9. The van der Waals surface area contributed by atoms with Gasteiger partial charge in [0.1, 0.15) is 17.7 Å². The largest absolute Gasteiger partial charge is 0.465 e. The molecule has 2 spiro atoms. The zero-order valence-electron chi connectivity index (χ0n) is 37.0. The average Bonchev–Trinajstić information content (AvgIpc) is 3.53. The summed E-state index contributed by atoms with van der Waals surface area (Å²) in [5.41, 5.74) is 9.94. The molecule has 0 aromatic heterocycles. The van der Waals surface area contributed by atoms with Crippen molar-refractivity contribution in [1.82, 2.24) is 15.1 Å². The number of nitrogens with one attached hydrogen (secondary N) is 1. The van der Waals surface area contributed by atoms with Gasteiger partial charge < -0.3 is 55.7 Å². The highest BCUT2D eigenvalue weighted by molar-refractivity contribution is 5.87. The van der Waals surface area contributed by atoms with Crippen molar-refractivity contribution in [3.63, 3.8) is 0 Å². The number of esters is 1. The van der Waals surface area contributed by atoms with E-state index in [9.17, 15) is 19.8 Å². The molecule has 6 aliphatic rings. The first-order chi connectivity index (χ1) is 29.1. The van der Waals surface area contributed by atoms with Gasteiger partial charge in [-0.05, 0) is 90.6 Å². The molecule has 60 heavy (non-hydrogen) atoms. The molecule has 10 atom stereocenters. The van der Waals surface area contributed by atoms with Crippen LogP contribution in [0.25, 0.3) is 0 Å². The van der Waals surface area contributed by atoms with E-state index in [1.54, 1.807) is 0 Å². The van der Waals surface area contributed by atoms with Gasteiger partial charge in [0, 0.05) is 25.4 Å². The molecule has 0 aromatic carbocycles. The molecule has 0 radical (unpaired) electrons. The van der Waals surface area contributed by atoms with Gasteiger partial charge in [-0.25, -0.2) is 4.99 Å². The van der Waals surface area contributed by atoms with Crippen LogP contribution in [0.1, 0.15) is 174 Å². The van der Waals surface area contributed by atoms with Crippen LogP contribution in [-0.2, 0) is 28.5 Å². The van der Waals surface area contributed by atoms with Gasteiger partial charge in [0.25, 0.3) is 5.91 Å². The number of aliphatic hydroxyl groups excluding tert-OH is 1.